The Labute approximate surface area is 201 Å². The number of ether oxygens (including phenoxy) is 1. The van der Waals surface area contributed by atoms with Crippen LogP contribution in [0.4, 0.5) is 0 Å². The van der Waals surface area contributed by atoms with E-state index >= 15 is 0 Å². The highest BCUT2D eigenvalue weighted by Gasteiger charge is 2.32. The first kappa shape index (κ1) is 22.3. The molecule has 1 atom stereocenters. The fourth-order valence-corrected chi connectivity index (χ4v) is 4.95. The highest BCUT2D eigenvalue weighted by Crippen LogP contribution is 2.34. The molecule has 5 rings (SSSR count). The first-order valence-electron chi connectivity index (χ1n) is 11.2. The summed E-state index contributed by atoms with van der Waals surface area (Å²) >= 11 is 6.37. The van der Waals surface area contributed by atoms with Crippen molar-refractivity contribution in [3.8, 4) is 11.4 Å². The summed E-state index contributed by atoms with van der Waals surface area (Å²) in [4.78, 5) is 32.8. The molecule has 0 N–H and O–H groups in total. The molecule has 0 aliphatic carbocycles. The number of hydrogen-bond acceptors (Lipinski definition) is 4. The number of benzene rings is 1. The number of methoxy groups -OCH3 is 1. The summed E-state index contributed by atoms with van der Waals surface area (Å²) in [7, 11) is 1.59. The van der Waals surface area contributed by atoms with Crippen LogP contribution in [0.15, 0.2) is 47.8 Å². The Hall–Kier alpha value is -3.52. The van der Waals surface area contributed by atoms with E-state index in [-0.39, 0.29) is 17.5 Å². The number of rotatable bonds is 5. The molecule has 1 aliphatic heterocycles. The van der Waals surface area contributed by atoms with Crippen LogP contribution in [0, 0.1) is 6.92 Å². The van der Waals surface area contributed by atoms with Gasteiger partial charge in [-0.15, -0.1) is 0 Å². The molecule has 0 saturated heterocycles. The zero-order valence-electron chi connectivity index (χ0n) is 19.6. The monoisotopic (exact) mass is 479 g/mol. The van der Waals surface area contributed by atoms with Crippen LogP contribution in [-0.2, 0) is 19.6 Å². The van der Waals surface area contributed by atoms with E-state index in [1.54, 1.807) is 40.9 Å². The molecule has 34 heavy (non-hydrogen) atoms. The third-order valence-electron chi connectivity index (χ3n) is 6.52. The van der Waals surface area contributed by atoms with Gasteiger partial charge < -0.3 is 23.3 Å². The van der Waals surface area contributed by atoms with E-state index in [1.807, 2.05) is 30.9 Å². The summed E-state index contributed by atoms with van der Waals surface area (Å²) in [5.74, 6) is 0.434. The van der Waals surface area contributed by atoms with E-state index in [0.717, 1.165) is 28.7 Å². The molecule has 1 aliphatic rings. The smallest absolute Gasteiger partial charge is 0.275 e. The van der Waals surface area contributed by atoms with E-state index in [2.05, 4.69) is 22.7 Å². The number of pyridine rings is 1. The minimum atomic E-state index is -0.197. The van der Waals surface area contributed by atoms with E-state index in [1.165, 1.54) is 0 Å². The van der Waals surface area contributed by atoms with Crippen molar-refractivity contribution < 1.29 is 9.53 Å². The van der Waals surface area contributed by atoms with E-state index < -0.39 is 0 Å². The molecule has 1 aromatic carbocycles. The number of fused-ring (bicyclic) bond motifs is 2. The number of amides is 1. The minimum absolute atomic E-state index is 0.160. The molecular formula is C25H26ClN5O3. The Morgan fingerprint density at radius 1 is 1.21 bits per heavy atom. The minimum Gasteiger partial charge on any atom is -0.495 e. The summed E-state index contributed by atoms with van der Waals surface area (Å²) in [5.41, 5.74) is 3.50. The Morgan fingerprint density at radius 3 is 2.68 bits per heavy atom. The first-order chi connectivity index (χ1) is 16.3. The molecule has 0 fully saturated rings. The lowest BCUT2D eigenvalue weighted by Crippen LogP contribution is -2.49. The zero-order valence-corrected chi connectivity index (χ0v) is 20.3. The van der Waals surface area contributed by atoms with Crippen LogP contribution in [-0.4, -0.2) is 42.6 Å². The zero-order chi connectivity index (χ0) is 24.1. The second kappa shape index (κ2) is 8.36. The second-order valence-corrected chi connectivity index (χ2v) is 9.08. The number of hydrogen-bond donors (Lipinski definition) is 0. The van der Waals surface area contributed by atoms with Crippen molar-refractivity contribution in [2.75, 3.05) is 7.11 Å². The molecule has 176 valence electrons. The molecule has 4 aromatic rings. The number of imidazole rings is 1. The van der Waals surface area contributed by atoms with Gasteiger partial charge >= 0.3 is 0 Å². The van der Waals surface area contributed by atoms with Crippen LogP contribution in [0.5, 0.6) is 5.75 Å². The Morgan fingerprint density at radius 2 is 2.00 bits per heavy atom. The van der Waals surface area contributed by atoms with Gasteiger partial charge in [0.05, 0.1) is 29.7 Å². The molecule has 0 radical (unpaired) electrons. The molecule has 9 heteroatoms. The maximum atomic E-state index is 13.5. The third-order valence-corrected chi connectivity index (χ3v) is 6.82. The summed E-state index contributed by atoms with van der Waals surface area (Å²) in [6, 6.07) is 7.09. The molecule has 1 unspecified atom stereocenters. The van der Waals surface area contributed by atoms with Gasteiger partial charge in [-0.2, -0.15) is 0 Å². The van der Waals surface area contributed by atoms with Crippen LogP contribution >= 0.6 is 11.6 Å². The third kappa shape index (κ3) is 3.49. The van der Waals surface area contributed by atoms with Crippen LogP contribution in [0.1, 0.15) is 35.6 Å². The van der Waals surface area contributed by atoms with Crippen LogP contribution < -0.4 is 10.3 Å². The second-order valence-electron chi connectivity index (χ2n) is 8.67. The largest absolute Gasteiger partial charge is 0.495 e. The van der Waals surface area contributed by atoms with Gasteiger partial charge in [0.1, 0.15) is 17.1 Å². The van der Waals surface area contributed by atoms with Crippen molar-refractivity contribution in [1.29, 1.82) is 0 Å². The molecule has 0 bridgehead atoms. The number of carbonyl (C=O) groups is 1. The van der Waals surface area contributed by atoms with Crippen molar-refractivity contribution in [1.82, 2.24) is 23.6 Å². The summed E-state index contributed by atoms with van der Waals surface area (Å²) in [6.07, 6.45) is 5.48. The Balaban J connectivity index is 1.53. The molecule has 0 saturated carbocycles. The quantitative estimate of drug-likeness (QED) is 0.433. The van der Waals surface area contributed by atoms with Gasteiger partial charge in [-0.05, 0) is 50.6 Å². The van der Waals surface area contributed by atoms with Crippen LogP contribution in [0.3, 0.4) is 0 Å². The number of carbonyl (C=O) groups excluding carboxylic acids is 1. The van der Waals surface area contributed by atoms with Crippen molar-refractivity contribution in [2.45, 2.75) is 46.4 Å². The summed E-state index contributed by atoms with van der Waals surface area (Å²) in [5, 5.41) is 1.55. The van der Waals surface area contributed by atoms with Crippen molar-refractivity contribution in [3.05, 3.63) is 75.3 Å². The SMILES string of the molecule is CCn1cc(CN2C(=O)c3ccc(-n4cnc(C)c4)c(=O)n3CC2C)c2cc(OC)c(Cl)cc21. The van der Waals surface area contributed by atoms with Crippen molar-refractivity contribution >= 4 is 28.4 Å². The number of halogens is 1. The highest BCUT2D eigenvalue weighted by atomic mass is 35.5. The number of aryl methyl sites for hydroxylation is 2. The normalized spacial score (nSPS) is 15.7. The van der Waals surface area contributed by atoms with Crippen LogP contribution in [0.25, 0.3) is 16.6 Å². The number of nitrogens with zero attached hydrogens (tertiary/aromatic N) is 5. The Kier molecular flexibility index (Phi) is 5.48. The van der Waals surface area contributed by atoms with Gasteiger partial charge in [-0.3, -0.25) is 9.59 Å². The molecule has 3 aromatic heterocycles. The fraction of sp³-hybridized carbons (Fsp3) is 0.320. The lowest BCUT2D eigenvalue weighted by Gasteiger charge is -2.35. The van der Waals surface area contributed by atoms with E-state index in [4.69, 9.17) is 16.3 Å². The predicted molar refractivity (Wildman–Crippen MR) is 131 cm³/mol. The first-order valence-corrected chi connectivity index (χ1v) is 11.6. The number of aromatic nitrogens is 4. The van der Waals surface area contributed by atoms with Gasteiger partial charge in [-0.1, -0.05) is 11.6 Å². The lowest BCUT2D eigenvalue weighted by molar-refractivity contribution is 0.0591. The topological polar surface area (TPSA) is 74.3 Å². The van der Waals surface area contributed by atoms with E-state index in [0.29, 0.717) is 35.2 Å². The van der Waals surface area contributed by atoms with Gasteiger partial charge in [-0.25, -0.2) is 4.98 Å². The lowest BCUT2D eigenvalue weighted by atomic mass is 10.1. The molecule has 4 heterocycles. The summed E-state index contributed by atoms with van der Waals surface area (Å²) in [6.45, 7) is 7.52. The standard InChI is InChI=1S/C25H26ClN5O3/c1-5-28-12-17(18-8-23(34-4)19(26)9-22(18)28)13-30-16(3)11-31-21(25(30)33)7-6-20(24(31)32)29-10-15(2)27-14-29/h6-10,12,14,16H,5,11,13H2,1-4H3. The molecule has 0 spiro atoms. The summed E-state index contributed by atoms with van der Waals surface area (Å²) < 4.78 is 10.8. The van der Waals surface area contributed by atoms with Gasteiger partial charge in [0, 0.05) is 43.5 Å². The molecule has 1 amide bonds. The van der Waals surface area contributed by atoms with Crippen molar-refractivity contribution in [2.24, 2.45) is 0 Å². The van der Waals surface area contributed by atoms with Gasteiger partial charge in [0.2, 0.25) is 0 Å². The molecule has 8 nitrogen and oxygen atoms in total. The van der Waals surface area contributed by atoms with Crippen molar-refractivity contribution in [3.63, 3.8) is 0 Å². The van der Waals surface area contributed by atoms with Gasteiger partial charge in [0.25, 0.3) is 11.5 Å². The Bertz CT molecular complexity index is 1480. The van der Waals surface area contributed by atoms with Crippen LogP contribution in [0.2, 0.25) is 5.02 Å². The average molecular weight is 480 g/mol. The van der Waals surface area contributed by atoms with E-state index in [9.17, 15) is 9.59 Å². The highest BCUT2D eigenvalue weighted by molar-refractivity contribution is 6.32. The molecular weight excluding hydrogens is 454 g/mol. The maximum Gasteiger partial charge on any atom is 0.275 e. The predicted octanol–water partition coefficient (Wildman–Crippen LogP) is 4.02. The average Bonchev–Trinajstić information content (AvgIpc) is 3.39. The van der Waals surface area contributed by atoms with Gasteiger partial charge in [0.15, 0.2) is 0 Å². The fourth-order valence-electron chi connectivity index (χ4n) is 4.71. The maximum absolute atomic E-state index is 13.5.